The average Bonchev–Trinajstić information content (AvgIpc) is 2.12. The molecule has 0 aliphatic carbocycles. The number of rotatable bonds is 1. The van der Waals surface area contributed by atoms with Gasteiger partial charge in [-0.15, -0.1) is 11.3 Å². The summed E-state index contributed by atoms with van der Waals surface area (Å²) in [6.07, 6.45) is 0. The average molecular weight is 150 g/mol. The molecule has 0 amide bonds. The van der Waals surface area contributed by atoms with Crippen molar-refractivity contribution in [2.75, 3.05) is 0 Å². The van der Waals surface area contributed by atoms with Gasteiger partial charge in [0.2, 0.25) is 0 Å². The second-order valence-corrected chi connectivity index (χ2v) is 3.15. The second-order valence-electron chi connectivity index (χ2n) is 2.17. The van der Waals surface area contributed by atoms with Crippen LogP contribution in [-0.2, 0) is 0 Å². The second kappa shape index (κ2) is 4.51. The number of hydrogen-bond acceptors (Lipinski definition) is 1. The van der Waals surface area contributed by atoms with Gasteiger partial charge in [-0.25, -0.2) is 0 Å². The first-order valence-electron chi connectivity index (χ1n) is 2.84. The van der Waals surface area contributed by atoms with E-state index in [2.05, 4.69) is 31.4 Å². The Morgan fingerprint density at radius 2 is 2.11 bits per heavy atom. The molecule has 9 heavy (non-hydrogen) atoms. The van der Waals surface area contributed by atoms with E-state index < -0.39 is 0 Å². The molecule has 0 nitrogen and oxygen atoms in total. The quantitative estimate of drug-likeness (QED) is 0.538. The zero-order valence-electron chi connectivity index (χ0n) is 5.22. The normalized spacial score (nSPS) is 9.22. The van der Waals surface area contributed by atoms with Gasteiger partial charge in [-0.05, 0) is 17.4 Å². The molecule has 0 saturated heterocycles. The fraction of sp³-hybridized carbons (Fsp3) is 0.429. The predicted octanol–water partition coefficient (Wildman–Crippen LogP) is 2.22. The van der Waals surface area contributed by atoms with Crippen LogP contribution in [0.2, 0.25) is 0 Å². The van der Waals surface area contributed by atoms with Crippen molar-refractivity contribution in [3.8, 4) is 0 Å². The summed E-state index contributed by atoms with van der Waals surface area (Å²) in [4.78, 5) is 1.48. The Morgan fingerprint density at radius 3 is 2.33 bits per heavy atom. The van der Waals surface area contributed by atoms with E-state index in [-0.39, 0.29) is 29.6 Å². The Balaban J connectivity index is 0.000000640. The summed E-state index contributed by atoms with van der Waals surface area (Å²) in [5, 5.41) is 2.12. The van der Waals surface area contributed by atoms with Gasteiger partial charge in [-0.3, -0.25) is 0 Å². The van der Waals surface area contributed by atoms with E-state index in [1.54, 1.807) is 0 Å². The molecule has 46 valence electrons. The van der Waals surface area contributed by atoms with E-state index in [1.165, 1.54) is 4.88 Å². The maximum absolute atomic E-state index is 2.21. The van der Waals surface area contributed by atoms with Gasteiger partial charge in [-0.1, -0.05) is 19.9 Å². The van der Waals surface area contributed by atoms with Crippen molar-refractivity contribution in [2.24, 2.45) is 0 Å². The molecule has 0 fully saturated rings. The molecular formula is C7H11NaS. The summed E-state index contributed by atoms with van der Waals surface area (Å²) in [6, 6.07) is 4.27. The third-order valence-corrected chi connectivity index (χ3v) is 2.29. The monoisotopic (exact) mass is 150 g/mol. The van der Waals surface area contributed by atoms with Crippen molar-refractivity contribution in [3.05, 3.63) is 22.4 Å². The van der Waals surface area contributed by atoms with Crippen molar-refractivity contribution < 1.29 is 0 Å². The zero-order chi connectivity index (χ0) is 5.98. The fourth-order valence-electron chi connectivity index (χ4n) is 0.620. The van der Waals surface area contributed by atoms with Crippen LogP contribution in [0.5, 0.6) is 0 Å². The van der Waals surface area contributed by atoms with Crippen molar-refractivity contribution in [1.29, 1.82) is 0 Å². The van der Waals surface area contributed by atoms with Crippen LogP contribution in [0, 0.1) is 0 Å². The van der Waals surface area contributed by atoms with Gasteiger partial charge in [-0.2, -0.15) is 0 Å². The summed E-state index contributed by atoms with van der Waals surface area (Å²) >= 11 is 1.83. The molecule has 1 rings (SSSR count). The number of thiophene rings is 1. The summed E-state index contributed by atoms with van der Waals surface area (Å²) in [7, 11) is 0. The minimum atomic E-state index is 0. The van der Waals surface area contributed by atoms with Crippen LogP contribution in [0.1, 0.15) is 24.6 Å². The van der Waals surface area contributed by atoms with Crippen molar-refractivity contribution in [3.63, 3.8) is 0 Å². The van der Waals surface area contributed by atoms with Crippen LogP contribution < -0.4 is 0 Å². The van der Waals surface area contributed by atoms with Crippen LogP contribution >= 0.6 is 11.3 Å². The third-order valence-electron chi connectivity index (χ3n) is 1.11. The van der Waals surface area contributed by atoms with Crippen LogP contribution in [0.4, 0.5) is 0 Å². The molecule has 0 N–H and O–H groups in total. The summed E-state index contributed by atoms with van der Waals surface area (Å²) in [6.45, 7) is 4.43. The SMILES string of the molecule is CC(C)c1cccs1.[NaH]. The van der Waals surface area contributed by atoms with E-state index in [9.17, 15) is 0 Å². The van der Waals surface area contributed by atoms with E-state index >= 15 is 0 Å². The standard InChI is InChI=1S/C7H10S.Na.H/c1-6(2)7-4-3-5-8-7;;/h3-6H,1-2H3;;. The molecule has 0 aliphatic heterocycles. The van der Waals surface area contributed by atoms with Crippen LogP contribution in [0.3, 0.4) is 0 Å². The molecule has 0 bridgehead atoms. The first kappa shape index (κ1) is 9.70. The molecule has 2 heteroatoms. The third kappa shape index (κ3) is 2.85. The number of hydrogen-bond donors (Lipinski definition) is 0. The topological polar surface area (TPSA) is 0 Å². The van der Waals surface area contributed by atoms with Gasteiger partial charge in [0.25, 0.3) is 0 Å². The molecule has 0 radical (unpaired) electrons. The molecule has 0 unspecified atom stereocenters. The van der Waals surface area contributed by atoms with E-state index in [4.69, 9.17) is 0 Å². The van der Waals surface area contributed by atoms with Crippen LogP contribution in [-0.4, -0.2) is 29.6 Å². The van der Waals surface area contributed by atoms with Gasteiger partial charge in [0.05, 0.1) is 0 Å². The molecule has 0 spiro atoms. The summed E-state index contributed by atoms with van der Waals surface area (Å²) in [5.41, 5.74) is 0. The Hall–Kier alpha value is 0.700. The summed E-state index contributed by atoms with van der Waals surface area (Å²) < 4.78 is 0. The van der Waals surface area contributed by atoms with Crippen LogP contribution in [0.15, 0.2) is 17.5 Å². The molecular weight excluding hydrogens is 139 g/mol. The van der Waals surface area contributed by atoms with E-state index in [0.29, 0.717) is 5.92 Å². The molecule has 0 aromatic carbocycles. The van der Waals surface area contributed by atoms with Crippen molar-refractivity contribution >= 4 is 40.9 Å². The van der Waals surface area contributed by atoms with Gasteiger partial charge in [0, 0.05) is 4.88 Å². The zero-order valence-corrected chi connectivity index (χ0v) is 6.03. The van der Waals surface area contributed by atoms with E-state index in [0.717, 1.165) is 0 Å². The molecule has 0 atom stereocenters. The Kier molecular flexibility index (Phi) is 4.86. The first-order valence-corrected chi connectivity index (χ1v) is 3.72. The Morgan fingerprint density at radius 1 is 1.44 bits per heavy atom. The molecule has 0 saturated carbocycles. The molecule has 1 heterocycles. The molecule has 1 aromatic heterocycles. The molecule has 0 aliphatic rings. The Bertz CT molecular complexity index is 144. The van der Waals surface area contributed by atoms with Gasteiger partial charge < -0.3 is 0 Å². The van der Waals surface area contributed by atoms with Crippen LogP contribution in [0.25, 0.3) is 0 Å². The maximum atomic E-state index is 2.21. The molecule has 1 aromatic rings. The fourth-order valence-corrected chi connectivity index (χ4v) is 1.36. The van der Waals surface area contributed by atoms with Gasteiger partial charge >= 0.3 is 29.6 Å². The summed E-state index contributed by atoms with van der Waals surface area (Å²) in [5.74, 6) is 0.704. The Labute approximate surface area is 82.6 Å². The van der Waals surface area contributed by atoms with E-state index in [1.807, 2.05) is 11.3 Å². The van der Waals surface area contributed by atoms with Crippen molar-refractivity contribution in [1.82, 2.24) is 0 Å². The minimum absolute atomic E-state index is 0. The van der Waals surface area contributed by atoms with Gasteiger partial charge in [0.1, 0.15) is 0 Å². The van der Waals surface area contributed by atoms with Crippen molar-refractivity contribution in [2.45, 2.75) is 19.8 Å². The first-order chi connectivity index (χ1) is 3.80. The van der Waals surface area contributed by atoms with Gasteiger partial charge in [0.15, 0.2) is 0 Å². The predicted molar refractivity (Wildman–Crippen MR) is 45.6 cm³/mol.